The largest absolute Gasteiger partial charge is 0.381 e. The molecule has 2 heterocycles. The van der Waals surface area contributed by atoms with E-state index in [4.69, 9.17) is 4.74 Å². The Morgan fingerprint density at radius 2 is 2.20 bits per heavy atom. The molecule has 0 aromatic carbocycles. The Balaban J connectivity index is 2.07. The maximum atomic E-state index is 12.6. The van der Waals surface area contributed by atoms with Gasteiger partial charge in [0.25, 0.3) is 0 Å². The zero-order chi connectivity index (χ0) is 14.7. The van der Waals surface area contributed by atoms with E-state index in [0.29, 0.717) is 19.1 Å². The molecule has 0 spiro atoms. The molecule has 4 unspecified atom stereocenters. The Kier molecular flexibility index (Phi) is 5.02. The molecule has 114 valence electrons. The molecule has 0 aliphatic carbocycles. The lowest BCUT2D eigenvalue weighted by Crippen LogP contribution is -2.64. The van der Waals surface area contributed by atoms with Crippen molar-refractivity contribution in [2.75, 3.05) is 19.8 Å². The lowest BCUT2D eigenvalue weighted by molar-refractivity contribution is -0.151. The van der Waals surface area contributed by atoms with E-state index in [1.807, 2.05) is 20.8 Å². The topological polar surface area (TPSA) is 58.6 Å². The first-order valence-corrected chi connectivity index (χ1v) is 7.73. The lowest BCUT2D eigenvalue weighted by atomic mass is 9.93. The summed E-state index contributed by atoms with van der Waals surface area (Å²) in [6, 6.07) is -0.738. The number of carbonyl (C=O) groups is 2. The van der Waals surface area contributed by atoms with Gasteiger partial charge in [0.2, 0.25) is 11.8 Å². The summed E-state index contributed by atoms with van der Waals surface area (Å²) in [4.78, 5) is 26.5. The highest BCUT2D eigenvalue weighted by atomic mass is 16.5. The van der Waals surface area contributed by atoms with E-state index in [-0.39, 0.29) is 29.8 Å². The average Bonchev–Trinajstić information content (AvgIpc) is 2.47. The maximum Gasteiger partial charge on any atom is 0.246 e. The molecule has 2 aliphatic heterocycles. The smallest absolute Gasteiger partial charge is 0.246 e. The minimum atomic E-state index is -0.371. The summed E-state index contributed by atoms with van der Waals surface area (Å²) >= 11 is 0. The summed E-state index contributed by atoms with van der Waals surface area (Å²) in [6.07, 6.45) is 3.00. The zero-order valence-electron chi connectivity index (χ0n) is 12.7. The second-order valence-corrected chi connectivity index (χ2v) is 6.12. The van der Waals surface area contributed by atoms with Crippen molar-refractivity contribution in [3.05, 3.63) is 0 Å². The number of carbonyl (C=O) groups excluding carboxylic acids is 2. The zero-order valence-corrected chi connectivity index (χ0v) is 12.7. The third kappa shape index (κ3) is 3.14. The third-order valence-corrected chi connectivity index (χ3v) is 4.62. The van der Waals surface area contributed by atoms with Crippen LogP contribution in [0.15, 0.2) is 0 Å². The van der Waals surface area contributed by atoms with Crippen molar-refractivity contribution in [1.29, 1.82) is 0 Å². The summed E-state index contributed by atoms with van der Waals surface area (Å²) in [5.74, 6) is 0.561. The fraction of sp³-hybridized carbons (Fsp3) is 0.867. The first-order chi connectivity index (χ1) is 9.54. The van der Waals surface area contributed by atoms with Gasteiger partial charge >= 0.3 is 0 Å². The van der Waals surface area contributed by atoms with E-state index in [1.54, 1.807) is 4.90 Å². The molecule has 5 heteroatoms. The van der Waals surface area contributed by atoms with Crippen LogP contribution in [0.25, 0.3) is 0 Å². The van der Waals surface area contributed by atoms with E-state index in [2.05, 4.69) is 5.32 Å². The molecular formula is C15H26N2O3. The molecule has 2 amide bonds. The van der Waals surface area contributed by atoms with Gasteiger partial charge in [0.05, 0.1) is 6.61 Å². The van der Waals surface area contributed by atoms with Crippen LogP contribution in [0.2, 0.25) is 0 Å². The maximum absolute atomic E-state index is 12.6. The number of ether oxygens (including phenoxy) is 1. The quantitative estimate of drug-likeness (QED) is 0.842. The van der Waals surface area contributed by atoms with Gasteiger partial charge in [-0.15, -0.1) is 0 Å². The van der Waals surface area contributed by atoms with Crippen LogP contribution in [0.5, 0.6) is 0 Å². The molecule has 0 aromatic heterocycles. The standard InChI is InChI=1S/C15H26N2O3/c1-4-10(2)13-15(19)17(11(3)14(18)16-13)8-12-6-5-7-20-9-12/h10-13H,4-9H2,1-3H3,(H,16,18). The number of piperazine rings is 1. The lowest BCUT2D eigenvalue weighted by Gasteiger charge is -2.41. The fourth-order valence-corrected chi connectivity index (χ4v) is 2.95. The van der Waals surface area contributed by atoms with E-state index in [9.17, 15) is 9.59 Å². The van der Waals surface area contributed by atoms with Crippen molar-refractivity contribution < 1.29 is 14.3 Å². The highest BCUT2D eigenvalue weighted by molar-refractivity contribution is 5.96. The van der Waals surface area contributed by atoms with Gasteiger partial charge in [-0.25, -0.2) is 0 Å². The summed E-state index contributed by atoms with van der Waals surface area (Å²) in [6.45, 7) is 8.02. The first-order valence-electron chi connectivity index (χ1n) is 7.73. The van der Waals surface area contributed by atoms with Gasteiger partial charge in [-0.3, -0.25) is 9.59 Å². The Labute approximate surface area is 121 Å². The number of nitrogens with zero attached hydrogens (tertiary/aromatic N) is 1. The van der Waals surface area contributed by atoms with Crippen molar-refractivity contribution in [1.82, 2.24) is 10.2 Å². The van der Waals surface area contributed by atoms with Gasteiger partial charge in [0.15, 0.2) is 0 Å². The van der Waals surface area contributed by atoms with Gasteiger partial charge in [0, 0.05) is 13.2 Å². The van der Waals surface area contributed by atoms with Gasteiger partial charge in [-0.2, -0.15) is 0 Å². The number of hydrogen-bond donors (Lipinski definition) is 1. The minimum Gasteiger partial charge on any atom is -0.381 e. The van der Waals surface area contributed by atoms with Crippen LogP contribution in [-0.4, -0.2) is 48.6 Å². The van der Waals surface area contributed by atoms with Crippen LogP contribution in [0.3, 0.4) is 0 Å². The minimum absolute atomic E-state index is 0.0355. The van der Waals surface area contributed by atoms with Crippen molar-refractivity contribution in [3.63, 3.8) is 0 Å². The number of rotatable bonds is 4. The van der Waals surface area contributed by atoms with Crippen LogP contribution in [0.4, 0.5) is 0 Å². The Hall–Kier alpha value is -1.10. The van der Waals surface area contributed by atoms with Gasteiger partial charge < -0.3 is 15.0 Å². The Morgan fingerprint density at radius 1 is 1.45 bits per heavy atom. The summed E-state index contributed by atoms with van der Waals surface area (Å²) in [7, 11) is 0. The van der Waals surface area contributed by atoms with Crippen molar-refractivity contribution in [2.24, 2.45) is 11.8 Å². The van der Waals surface area contributed by atoms with E-state index < -0.39 is 0 Å². The van der Waals surface area contributed by atoms with E-state index >= 15 is 0 Å². The van der Waals surface area contributed by atoms with Crippen LogP contribution >= 0.6 is 0 Å². The highest BCUT2D eigenvalue weighted by Gasteiger charge is 2.40. The average molecular weight is 282 g/mol. The highest BCUT2D eigenvalue weighted by Crippen LogP contribution is 2.22. The Morgan fingerprint density at radius 3 is 2.80 bits per heavy atom. The number of nitrogens with one attached hydrogen (secondary N) is 1. The molecule has 1 N–H and O–H groups in total. The molecule has 0 aromatic rings. The molecule has 2 fully saturated rings. The normalized spacial score (nSPS) is 33.0. The molecule has 20 heavy (non-hydrogen) atoms. The molecule has 4 atom stereocenters. The molecule has 2 aliphatic rings. The predicted molar refractivity (Wildman–Crippen MR) is 76.1 cm³/mol. The molecular weight excluding hydrogens is 256 g/mol. The van der Waals surface area contributed by atoms with Crippen LogP contribution in [0, 0.1) is 11.8 Å². The predicted octanol–water partition coefficient (Wildman–Crippen LogP) is 1.17. The van der Waals surface area contributed by atoms with Crippen LogP contribution < -0.4 is 5.32 Å². The molecule has 5 nitrogen and oxygen atoms in total. The third-order valence-electron chi connectivity index (χ3n) is 4.62. The Bertz CT molecular complexity index is 366. The van der Waals surface area contributed by atoms with Crippen molar-refractivity contribution in [3.8, 4) is 0 Å². The second kappa shape index (κ2) is 6.57. The monoisotopic (exact) mass is 282 g/mol. The fourth-order valence-electron chi connectivity index (χ4n) is 2.95. The molecule has 0 bridgehead atoms. The van der Waals surface area contributed by atoms with Gasteiger partial charge in [0.1, 0.15) is 12.1 Å². The molecule has 0 saturated carbocycles. The van der Waals surface area contributed by atoms with Gasteiger partial charge in [-0.05, 0) is 31.6 Å². The SMILES string of the molecule is CCC(C)C1NC(=O)C(C)N(CC2CCCOC2)C1=O. The van der Waals surface area contributed by atoms with Crippen molar-refractivity contribution >= 4 is 11.8 Å². The first kappa shape index (κ1) is 15.3. The molecule has 2 rings (SSSR count). The summed E-state index contributed by atoms with van der Waals surface area (Å²) in [5.41, 5.74) is 0. The van der Waals surface area contributed by atoms with E-state index in [0.717, 1.165) is 25.9 Å². The van der Waals surface area contributed by atoms with Crippen LogP contribution in [-0.2, 0) is 14.3 Å². The summed E-state index contributed by atoms with van der Waals surface area (Å²) < 4.78 is 5.48. The molecule has 0 radical (unpaired) electrons. The van der Waals surface area contributed by atoms with Gasteiger partial charge in [-0.1, -0.05) is 20.3 Å². The number of amides is 2. The van der Waals surface area contributed by atoms with Crippen LogP contribution in [0.1, 0.15) is 40.0 Å². The van der Waals surface area contributed by atoms with E-state index in [1.165, 1.54) is 0 Å². The molecule has 2 saturated heterocycles. The summed E-state index contributed by atoms with van der Waals surface area (Å²) in [5, 5.41) is 2.87. The van der Waals surface area contributed by atoms with Crippen molar-refractivity contribution in [2.45, 2.75) is 52.1 Å². The second-order valence-electron chi connectivity index (χ2n) is 6.12. The number of hydrogen-bond acceptors (Lipinski definition) is 3.